The second kappa shape index (κ2) is 5.95. The van der Waals surface area contributed by atoms with Gasteiger partial charge in [0.15, 0.2) is 0 Å². The number of ether oxygens (including phenoxy) is 1. The molecule has 1 aromatic heterocycles. The van der Waals surface area contributed by atoms with Crippen molar-refractivity contribution in [1.82, 2.24) is 15.6 Å². The first kappa shape index (κ1) is 14.2. The quantitative estimate of drug-likeness (QED) is 0.908. The maximum Gasteiger partial charge on any atom is 0.130 e. The molecule has 1 aromatic carbocycles. The molecule has 0 aliphatic carbocycles. The summed E-state index contributed by atoms with van der Waals surface area (Å²) in [5.41, 5.74) is 2.22. The number of pyridine rings is 1. The van der Waals surface area contributed by atoms with Gasteiger partial charge in [-0.1, -0.05) is 11.8 Å². The lowest BCUT2D eigenvalue weighted by molar-refractivity contribution is 0.415. The predicted molar refractivity (Wildman–Crippen MR) is 89.1 cm³/mol. The van der Waals surface area contributed by atoms with Gasteiger partial charge >= 0.3 is 0 Å². The van der Waals surface area contributed by atoms with Crippen molar-refractivity contribution in [3.63, 3.8) is 0 Å². The summed E-state index contributed by atoms with van der Waals surface area (Å²) < 4.78 is 5.28. The van der Waals surface area contributed by atoms with Gasteiger partial charge in [-0.15, -0.1) is 0 Å². The molecule has 1 aliphatic heterocycles. The van der Waals surface area contributed by atoms with Crippen LogP contribution < -0.4 is 15.4 Å². The molecule has 0 bridgehead atoms. The number of nitrogens with one attached hydrogen (secondary N) is 2. The van der Waals surface area contributed by atoms with E-state index in [1.54, 1.807) is 18.9 Å². The average molecular weight is 301 g/mol. The fourth-order valence-corrected chi connectivity index (χ4v) is 3.26. The Balaban J connectivity index is 1.84. The van der Waals surface area contributed by atoms with Crippen LogP contribution in [0.4, 0.5) is 0 Å². The SMILES string of the molecule is COc1ccc2cnc(C3=CSC(NC(C)C)N3)cc2c1. The number of methoxy groups -OCH3 is 1. The van der Waals surface area contributed by atoms with Crippen molar-refractivity contribution in [2.24, 2.45) is 0 Å². The van der Waals surface area contributed by atoms with Gasteiger partial charge in [0.2, 0.25) is 0 Å². The van der Waals surface area contributed by atoms with Crippen LogP contribution in [0.1, 0.15) is 19.5 Å². The molecule has 0 radical (unpaired) electrons. The maximum absolute atomic E-state index is 5.28. The summed E-state index contributed by atoms with van der Waals surface area (Å²) >= 11 is 1.74. The largest absolute Gasteiger partial charge is 0.497 e. The minimum absolute atomic E-state index is 0.211. The Morgan fingerprint density at radius 3 is 2.90 bits per heavy atom. The number of thioether (sulfide) groups is 1. The topological polar surface area (TPSA) is 46.2 Å². The minimum Gasteiger partial charge on any atom is -0.497 e. The van der Waals surface area contributed by atoms with Crippen molar-refractivity contribution in [1.29, 1.82) is 0 Å². The van der Waals surface area contributed by atoms with Crippen LogP contribution in [-0.4, -0.2) is 23.6 Å². The van der Waals surface area contributed by atoms with E-state index < -0.39 is 0 Å². The third-order valence-corrected chi connectivity index (χ3v) is 4.20. The molecule has 1 aliphatic rings. The van der Waals surface area contributed by atoms with Gasteiger partial charge in [-0.2, -0.15) is 0 Å². The highest BCUT2D eigenvalue weighted by molar-refractivity contribution is 8.03. The van der Waals surface area contributed by atoms with Crippen molar-refractivity contribution >= 4 is 28.2 Å². The molecule has 0 spiro atoms. The number of benzene rings is 1. The van der Waals surface area contributed by atoms with E-state index in [1.807, 2.05) is 24.4 Å². The van der Waals surface area contributed by atoms with Crippen molar-refractivity contribution in [3.05, 3.63) is 41.6 Å². The van der Waals surface area contributed by atoms with Crippen LogP contribution in [0.3, 0.4) is 0 Å². The summed E-state index contributed by atoms with van der Waals surface area (Å²) in [5.74, 6) is 0.863. The molecule has 0 saturated carbocycles. The number of nitrogens with zero attached hydrogens (tertiary/aromatic N) is 1. The molecular weight excluding hydrogens is 282 g/mol. The zero-order valence-electron chi connectivity index (χ0n) is 12.4. The van der Waals surface area contributed by atoms with Crippen LogP contribution in [0.25, 0.3) is 16.5 Å². The molecule has 2 aromatic rings. The van der Waals surface area contributed by atoms with Crippen molar-refractivity contribution < 1.29 is 4.74 Å². The lowest BCUT2D eigenvalue weighted by Gasteiger charge is -2.17. The van der Waals surface area contributed by atoms with Gasteiger partial charge in [-0.05, 0) is 48.9 Å². The molecule has 2 heterocycles. The summed E-state index contributed by atoms with van der Waals surface area (Å²) in [6.45, 7) is 4.28. The van der Waals surface area contributed by atoms with Crippen LogP contribution in [0.5, 0.6) is 5.75 Å². The van der Waals surface area contributed by atoms with Crippen LogP contribution >= 0.6 is 11.8 Å². The van der Waals surface area contributed by atoms with Gasteiger partial charge in [-0.25, -0.2) is 0 Å². The number of hydrogen-bond donors (Lipinski definition) is 2. The highest BCUT2D eigenvalue weighted by atomic mass is 32.2. The Morgan fingerprint density at radius 1 is 1.29 bits per heavy atom. The Hall–Kier alpha value is -1.72. The average Bonchev–Trinajstić information content (AvgIpc) is 2.93. The minimum atomic E-state index is 0.211. The van der Waals surface area contributed by atoms with Crippen molar-refractivity contribution in [2.75, 3.05) is 7.11 Å². The van der Waals surface area contributed by atoms with Crippen LogP contribution in [-0.2, 0) is 0 Å². The normalized spacial score (nSPS) is 17.9. The standard InChI is InChI=1S/C16H19N3OS/c1-10(2)18-16-19-15(9-21-16)14-7-12-6-13(20-3)5-4-11(12)8-17-14/h4-10,16,18-19H,1-3H3. The molecule has 0 fully saturated rings. The van der Waals surface area contributed by atoms with E-state index in [2.05, 4.69) is 40.9 Å². The zero-order valence-corrected chi connectivity index (χ0v) is 13.2. The van der Waals surface area contributed by atoms with Crippen LogP contribution in [0.15, 0.2) is 35.9 Å². The zero-order chi connectivity index (χ0) is 14.8. The molecule has 5 heteroatoms. The van der Waals surface area contributed by atoms with Gasteiger partial charge < -0.3 is 10.1 Å². The van der Waals surface area contributed by atoms with E-state index in [0.29, 0.717) is 6.04 Å². The second-order valence-electron chi connectivity index (χ2n) is 5.30. The third kappa shape index (κ3) is 3.14. The van der Waals surface area contributed by atoms with E-state index in [9.17, 15) is 0 Å². The van der Waals surface area contributed by atoms with Gasteiger partial charge in [-0.3, -0.25) is 10.3 Å². The first-order valence-electron chi connectivity index (χ1n) is 6.98. The smallest absolute Gasteiger partial charge is 0.130 e. The predicted octanol–water partition coefficient (Wildman–Crippen LogP) is 3.16. The molecule has 2 N–H and O–H groups in total. The van der Waals surface area contributed by atoms with Gasteiger partial charge in [0.1, 0.15) is 11.2 Å². The summed E-state index contributed by atoms with van der Waals surface area (Å²) in [6, 6.07) is 8.55. The summed E-state index contributed by atoms with van der Waals surface area (Å²) in [7, 11) is 1.68. The molecule has 21 heavy (non-hydrogen) atoms. The molecule has 1 atom stereocenters. The summed E-state index contributed by atoms with van der Waals surface area (Å²) in [6.07, 6.45) is 1.90. The van der Waals surface area contributed by atoms with E-state index in [4.69, 9.17) is 4.74 Å². The fourth-order valence-electron chi connectivity index (χ4n) is 2.26. The Labute approximate surface area is 129 Å². The molecule has 110 valence electrons. The van der Waals surface area contributed by atoms with E-state index in [0.717, 1.165) is 27.9 Å². The lowest BCUT2D eigenvalue weighted by Crippen LogP contribution is -2.39. The van der Waals surface area contributed by atoms with Crippen LogP contribution in [0.2, 0.25) is 0 Å². The Kier molecular flexibility index (Phi) is 4.03. The fraction of sp³-hybridized carbons (Fsp3) is 0.312. The number of rotatable bonds is 4. The second-order valence-corrected chi connectivity index (χ2v) is 6.28. The molecule has 3 rings (SSSR count). The van der Waals surface area contributed by atoms with E-state index >= 15 is 0 Å². The maximum atomic E-state index is 5.28. The summed E-state index contributed by atoms with van der Waals surface area (Å²) in [5, 5.41) is 11.3. The van der Waals surface area contributed by atoms with Crippen LogP contribution in [0, 0.1) is 0 Å². The molecule has 0 amide bonds. The lowest BCUT2D eigenvalue weighted by atomic mass is 10.1. The van der Waals surface area contributed by atoms with Gasteiger partial charge in [0.05, 0.1) is 18.5 Å². The molecule has 4 nitrogen and oxygen atoms in total. The monoisotopic (exact) mass is 301 g/mol. The van der Waals surface area contributed by atoms with E-state index in [-0.39, 0.29) is 5.50 Å². The summed E-state index contributed by atoms with van der Waals surface area (Å²) in [4.78, 5) is 4.55. The number of hydrogen-bond acceptors (Lipinski definition) is 5. The first-order chi connectivity index (χ1) is 10.2. The Bertz CT molecular complexity index is 684. The Morgan fingerprint density at radius 2 is 2.14 bits per heavy atom. The molecular formula is C16H19N3OS. The first-order valence-corrected chi connectivity index (χ1v) is 7.92. The third-order valence-electron chi connectivity index (χ3n) is 3.30. The number of aromatic nitrogens is 1. The highest BCUT2D eigenvalue weighted by Gasteiger charge is 2.18. The van der Waals surface area contributed by atoms with Crippen molar-refractivity contribution in [2.45, 2.75) is 25.4 Å². The van der Waals surface area contributed by atoms with Gasteiger partial charge in [0.25, 0.3) is 0 Å². The molecule has 1 unspecified atom stereocenters. The highest BCUT2D eigenvalue weighted by Crippen LogP contribution is 2.28. The molecule has 0 saturated heterocycles. The van der Waals surface area contributed by atoms with Gasteiger partial charge in [0, 0.05) is 17.6 Å². The van der Waals surface area contributed by atoms with E-state index in [1.165, 1.54) is 0 Å². The number of fused-ring (bicyclic) bond motifs is 1. The van der Waals surface area contributed by atoms with Crippen molar-refractivity contribution in [3.8, 4) is 5.75 Å².